The molecule has 0 N–H and O–H groups in total. The van der Waals surface area contributed by atoms with Crippen molar-refractivity contribution in [2.75, 3.05) is 13.6 Å². The van der Waals surface area contributed by atoms with Gasteiger partial charge in [-0.15, -0.1) is 0 Å². The van der Waals surface area contributed by atoms with E-state index < -0.39 is 17.6 Å². The Morgan fingerprint density at radius 2 is 1.92 bits per heavy atom. The molecule has 1 heterocycles. The van der Waals surface area contributed by atoms with E-state index in [4.69, 9.17) is 4.84 Å². The highest BCUT2D eigenvalue weighted by Crippen LogP contribution is 2.05. The van der Waals surface area contributed by atoms with Gasteiger partial charge in [-0.25, -0.2) is 14.0 Å². The van der Waals surface area contributed by atoms with Crippen molar-refractivity contribution in [2.24, 2.45) is 0 Å². The number of hydrogen-bond donors (Lipinski definition) is 0. The van der Waals surface area contributed by atoms with Gasteiger partial charge in [-0.05, 0) is 45.5 Å². The van der Waals surface area contributed by atoms with Crippen molar-refractivity contribution in [3.8, 4) is 5.69 Å². The van der Waals surface area contributed by atoms with Crippen LogP contribution in [0.15, 0.2) is 59.4 Å². The molecule has 0 saturated heterocycles. The first-order chi connectivity index (χ1) is 12.5. The molecule has 2 aromatic carbocycles. The summed E-state index contributed by atoms with van der Waals surface area (Å²) in [5, 5.41) is 7.08. The van der Waals surface area contributed by atoms with Gasteiger partial charge in [-0.1, -0.05) is 36.4 Å². The number of carbonyl (C=O) groups excluding carboxylic acids is 1. The van der Waals surface area contributed by atoms with Gasteiger partial charge in [-0.3, -0.25) is 4.84 Å². The van der Waals surface area contributed by atoms with Crippen LogP contribution in [0.4, 0.5) is 9.18 Å². The molecule has 9 heteroatoms. The third-order valence-corrected chi connectivity index (χ3v) is 3.66. The van der Waals surface area contributed by atoms with Crippen LogP contribution in [0.5, 0.6) is 0 Å². The maximum atomic E-state index is 13.3. The highest BCUT2D eigenvalue weighted by molar-refractivity contribution is 5.67. The second kappa shape index (κ2) is 7.60. The summed E-state index contributed by atoms with van der Waals surface area (Å²) >= 11 is 0. The highest BCUT2D eigenvalue weighted by Gasteiger charge is 2.17. The van der Waals surface area contributed by atoms with Crippen LogP contribution in [0.1, 0.15) is 5.56 Å². The lowest BCUT2D eigenvalue weighted by Crippen LogP contribution is -2.40. The third kappa shape index (κ3) is 3.94. The Hall–Kier alpha value is -3.49. The van der Waals surface area contributed by atoms with Crippen LogP contribution in [-0.4, -0.2) is 44.5 Å². The Labute approximate surface area is 148 Å². The summed E-state index contributed by atoms with van der Waals surface area (Å²) in [6, 6.07) is 14.9. The lowest BCUT2D eigenvalue weighted by molar-refractivity contribution is 0.0793. The van der Waals surface area contributed by atoms with E-state index in [9.17, 15) is 14.0 Å². The summed E-state index contributed by atoms with van der Waals surface area (Å²) in [5.41, 5.74) is 0.427. The minimum absolute atomic E-state index is 0.176. The van der Waals surface area contributed by atoms with E-state index in [0.717, 1.165) is 16.3 Å². The summed E-state index contributed by atoms with van der Waals surface area (Å²) in [4.78, 5) is 31.0. The van der Waals surface area contributed by atoms with Gasteiger partial charge in [0, 0.05) is 13.6 Å². The van der Waals surface area contributed by atoms with E-state index in [1.165, 1.54) is 23.1 Å². The number of benzene rings is 2. The van der Waals surface area contributed by atoms with E-state index in [2.05, 4.69) is 10.4 Å². The van der Waals surface area contributed by atoms with E-state index in [1.54, 1.807) is 7.05 Å². The zero-order valence-electron chi connectivity index (χ0n) is 13.9. The monoisotopic (exact) mass is 357 g/mol. The fourth-order valence-corrected chi connectivity index (χ4v) is 2.24. The third-order valence-electron chi connectivity index (χ3n) is 3.66. The van der Waals surface area contributed by atoms with Crippen molar-refractivity contribution in [1.82, 2.24) is 24.9 Å². The Balaban J connectivity index is 1.65. The highest BCUT2D eigenvalue weighted by atomic mass is 19.1. The lowest BCUT2D eigenvalue weighted by atomic mass is 10.1. The standard InChI is InChI=1S/C17H16FN5O3/c1-21(11-10-13-6-3-2-4-7-13)17(25)26-23-16(24)22(19-20-23)15-9-5-8-14(18)12-15/h2-9,12H,10-11H2,1H3. The first kappa shape index (κ1) is 17.3. The molecule has 0 bridgehead atoms. The zero-order valence-corrected chi connectivity index (χ0v) is 13.9. The molecule has 26 heavy (non-hydrogen) atoms. The minimum Gasteiger partial charge on any atom is -0.309 e. The predicted octanol–water partition coefficient (Wildman–Crippen LogP) is 1.29. The molecule has 1 amide bonds. The second-order valence-electron chi connectivity index (χ2n) is 5.54. The normalized spacial score (nSPS) is 10.5. The van der Waals surface area contributed by atoms with Gasteiger partial charge in [0.15, 0.2) is 0 Å². The Morgan fingerprint density at radius 3 is 2.65 bits per heavy atom. The molecule has 0 atom stereocenters. The van der Waals surface area contributed by atoms with Gasteiger partial charge in [0.25, 0.3) is 0 Å². The number of nitrogens with zero attached hydrogens (tertiary/aromatic N) is 5. The lowest BCUT2D eigenvalue weighted by Gasteiger charge is -2.15. The van der Waals surface area contributed by atoms with Gasteiger partial charge in [-0.2, -0.15) is 4.68 Å². The summed E-state index contributed by atoms with van der Waals surface area (Å²) < 4.78 is 14.1. The van der Waals surface area contributed by atoms with Crippen molar-refractivity contribution in [2.45, 2.75) is 6.42 Å². The molecule has 0 aliphatic carbocycles. The van der Waals surface area contributed by atoms with E-state index in [-0.39, 0.29) is 5.69 Å². The van der Waals surface area contributed by atoms with Crippen LogP contribution >= 0.6 is 0 Å². The number of likely N-dealkylation sites (N-methyl/N-ethyl adjacent to an activating group) is 1. The van der Waals surface area contributed by atoms with Crippen molar-refractivity contribution < 1.29 is 14.0 Å². The smallest absolute Gasteiger partial charge is 0.309 e. The molecule has 0 unspecified atom stereocenters. The molecule has 0 spiro atoms. The maximum Gasteiger partial charge on any atom is 0.435 e. The van der Waals surface area contributed by atoms with Crippen molar-refractivity contribution in [1.29, 1.82) is 0 Å². The summed E-state index contributed by atoms with van der Waals surface area (Å²) in [6.07, 6.45) is -0.119. The molecule has 0 aliphatic rings. The second-order valence-corrected chi connectivity index (χ2v) is 5.54. The molecule has 3 rings (SSSR count). The molecule has 134 valence electrons. The van der Waals surface area contributed by atoms with E-state index >= 15 is 0 Å². The van der Waals surface area contributed by atoms with Crippen LogP contribution in [0.2, 0.25) is 0 Å². The molecule has 0 fully saturated rings. The number of amides is 1. The van der Waals surface area contributed by atoms with Crippen LogP contribution in [0.3, 0.4) is 0 Å². The number of halogens is 1. The predicted molar refractivity (Wildman–Crippen MR) is 90.3 cm³/mol. The Bertz CT molecular complexity index is 954. The van der Waals surface area contributed by atoms with Gasteiger partial charge >= 0.3 is 11.8 Å². The first-order valence-electron chi connectivity index (χ1n) is 7.83. The van der Waals surface area contributed by atoms with Gasteiger partial charge in [0.05, 0.1) is 5.69 Å². The van der Waals surface area contributed by atoms with Crippen LogP contribution < -0.4 is 10.5 Å². The first-order valence-corrected chi connectivity index (χ1v) is 7.83. The number of rotatable bonds is 5. The number of aromatic nitrogens is 4. The largest absolute Gasteiger partial charge is 0.435 e. The van der Waals surface area contributed by atoms with Crippen LogP contribution in [-0.2, 0) is 6.42 Å². The molecule has 8 nitrogen and oxygen atoms in total. The van der Waals surface area contributed by atoms with Gasteiger partial charge in [0.1, 0.15) is 5.82 Å². The van der Waals surface area contributed by atoms with Crippen molar-refractivity contribution in [3.63, 3.8) is 0 Å². The number of carbonyl (C=O) groups is 1. The summed E-state index contributed by atoms with van der Waals surface area (Å²) in [7, 11) is 1.55. The fraction of sp³-hybridized carbons (Fsp3) is 0.176. The molecule has 0 radical (unpaired) electrons. The molecule has 0 saturated carbocycles. The molecular formula is C17H16FN5O3. The minimum atomic E-state index is -0.819. The quantitative estimate of drug-likeness (QED) is 0.643. The average molecular weight is 357 g/mol. The summed E-state index contributed by atoms with van der Waals surface area (Å²) in [6.45, 7) is 0.398. The SMILES string of the molecule is CN(CCc1ccccc1)C(=O)On1nnn(-c2cccc(F)c2)c1=O. The number of hydrogen-bond acceptors (Lipinski definition) is 5. The number of tetrazole rings is 1. The average Bonchev–Trinajstić information content (AvgIpc) is 3.01. The molecular weight excluding hydrogens is 341 g/mol. The summed E-state index contributed by atoms with van der Waals surface area (Å²) in [5.74, 6) is -0.526. The zero-order chi connectivity index (χ0) is 18.5. The molecule has 3 aromatic rings. The Morgan fingerprint density at radius 1 is 1.15 bits per heavy atom. The fourth-order valence-electron chi connectivity index (χ4n) is 2.24. The maximum absolute atomic E-state index is 13.3. The van der Waals surface area contributed by atoms with Crippen molar-refractivity contribution >= 4 is 6.09 Å². The Kier molecular flexibility index (Phi) is 5.07. The molecule has 0 aliphatic heterocycles. The van der Waals surface area contributed by atoms with E-state index in [1.807, 2.05) is 30.3 Å². The van der Waals surface area contributed by atoms with Crippen LogP contribution in [0, 0.1) is 5.82 Å². The van der Waals surface area contributed by atoms with Crippen molar-refractivity contribution in [3.05, 3.63) is 76.5 Å². The van der Waals surface area contributed by atoms with E-state index in [0.29, 0.717) is 17.8 Å². The van der Waals surface area contributed by atoms with Gasteiger partial charge in [0.2, 0.25) is 0 Å². The topological polar surface area (TPSA) is 82.2 Å². The molecule has 1 aromatic heterocycles. The van der Waals surface area contributed by atoms with Crippen LogP contribution in [0.25, 0.3) is 5.69 Å². The van der Waals surface area contributed by atoms with Gasteiger partial charge < -0.3 is 4.90 Å².